The zero-order valence-electron chi connectivity index (χ0n) is 7.88. The van der Waals surface area contributed by atoms with Gasteiger partial charge in [-0.15, -0.1) is 22.9 Å². The standard InChI is InChI=1S/C11H6BrClFIS/c12-8-3-6(1-2-9(8)14)11(13)7-4-10(15)16-5-7/h1-5,11H. The summed E-state index contributed by atoms with van der Waals surface area (Å²) in [5.74, 6) is -0.271. The van der Waals surface area contributed by atoms with Crippen LogP contribution in [0.15, 0.2) is 34.1 Å². The van der Waals surface area contributed by atoms with E-state index >= 15 is 0 Å². The lowest BCUT2D eigenvalue weighted by Crippen LogP contribution is -1.92. The first-order valence-corrected chi connectivity index (χ1v) is 7.59. The predicted molar refractivity (Wildman–Crippen MR) is 78.8 cm³/mol. The van der Waals surface area contributed by atoms with Crippen molar-refractivity contribution < 1.29 is 4.39 Å². The smallest absolute Gasteiger partial charge is 0.137 e. The molecule has 0 bridgehead atoms. The van der Waals surface area contributed by atoms with Crippen molar-refractivity contribution in [1.29, 1.82) is 0 Å². The summed E-state index contributed by atoms with van der Waals surface area (Å²) in [6.07, 6.45) is 0. The van der Waals surface area contributed by atoms with Crippen LogP contribution in [0, 0.1) is 8.70 Å². The lowest BCUT2D eigenvalue weighted by atomic mass is 10.1. The molecule has 2 aromatic rings. The molecule has 1 aromatic carbocycles. The van der Waals surface area contributed by atoms with Gasteiger partial charge in [-0.1, -0.05) is 6.07 Å². The van der Waals surface area contributed by atoms with Crippen LogP contribution < -0.4 is 0 Å². The lowest BCUT2D eigenvalue weighted by Gasteiger charge is -2.08. The van der Waals surface area contributed by atoms with Crippen LogP contribution in [0.25, 0.3) is 0 Å². The van der Waals surface area contributed by atoms with E-state index in [1.165, 1.54) is 8.95 Å². The van der Waals surface area contributed by atoms with Crippen LogP contribution in [0.1, 0.15) is 16.5 Å². The van der Waals surface area contributed by atoms with E-state index in [0.717, 1.165) is 11.1 Å². The molecule has 0 saturated carbocycles. The Balaban J connectivity index is 2.33. The second-order valence-electron chi connectivity index (χ2n) is 3.22. The third kappa shape index (κ3) is 2.78. The molecule has 0 radical (unpaired) electrons. The molecular weight excluding hydrogens is 425 g/mol. The van der Waals surface area contributed by atoms with Crippen LogP contribution in [0.5, 0.6) is 0 Å². The summed E-state index contributed by atoms with van der Waals surface area (Å²) in [4.78, 5) is 0. The first kappa shape index (κ1) is 12.8. The number of halogens is 4. The molecule has 16 heavy (non-hydrogen) atoms. The van der Waals surface area contributed by atoms with E-state index in [4.69, 9.17) is 11.6 Å². The van der Waals surface area contributed by atoms with Gasteiger partial charge in [0.05, 0.1) is 12.7 Å². The summed E-state index contributed by atoms with van der Waals surface area (Å²) >= 11 is 13.4. The lowest BCUT2D eigenvalue weighted by molar-refractivity contribution is 0.620. The maximum Gasteiger partial charge on any atom is 0.137 e. The molecule has 5 heteroatoms. The maximum atomic E-state index is 13.1. The molecule has 0 N–H and O–H groups in total. The number of hydrogen-bond donors (Lipinski definition) is 0. The molecule has 0 aliphatic carbocycles. The molecule has 1 atom stereocenters. The van der Waals surface area contributed by atoms with Gasteiger partial charge in [0.25, 0.3) is 0 Å². The van der Waals surface area contributed by atoms with Gasteiger partial charge in [-0.25, -0.2) is 4.39 Å². The van der Waals surface area contributed by atoms with Gasteiger partial charge in [-0.05, 0) is 73.2 Å². The highest BCUT2D eigenvalue weighted by Crippen LogP contribution is 2.33. The van der Waals surface area contributed by atoms with Gasteiger partial charge in [0.1, 0.15) is 5.82 Å². The highest BCUT2D eigenvalue weighted by molar-refractivity contribution is 14.1. The third-order valence-electron chi connectivity index (χ3n) is 2.12. The molecule has 0 amide bonds. The topological polar surface area (TPSA) is 0 Å². The fourth-order valence-electron chi connectivity index (χ4n) is 1.32. The first-order chi connectivity index (χ1) is 7.58. The summed E-state index contributed by atoms with van der Waals surface area (Å²) in [7, 11) is 0. The van der Waals surface area contributed by atoms with Crippen molar-refractivity contribution in [2.45, 2.75) is 5.38 Å². The van der Waals surface area contributed by atoms with Gasteiger partial charge in [-0.3, -0.25) is 0 Å². The van der Waals surface area contributed by atoms with E-state index in [-0.39, 0.29) is 11.2 Å². The normalized spacial score (nSPS) is 12.8. The van der Waals surface area contributed by atoms with Gasteiger partial charge in [-0.2, -0.15) is 0 Å². The Hall–Kier alpha value is 0.350. The van der Waals surface area contributed by atoms with E-state index in [1.807, 2.05) is 11.4 Å². The molecule has 1 aromatic heterocycles. The van der Waals surface area contributed by atoms with Gasteiger partial charge in [0.15, 0.2) is 0 Å². The van der Waals surface area contributed by atoms with Crippen molar-refractivity contribution in [2.75, 3.05) is 0 Å². The largest absolute Gasteiger partial charge is 0.206 e. The summed E-state index contributed by atoms with van der Waals surface area (Å²) in [6, 6.07) is 6.89. The second-order valence-corrected chi connectivity index (χ2v) is 7.32. The van der Waals surface area contributed by atoms with E-state index in [1.54, 1.807) is 23.5 Å². The minimum absolute atomic E-state index is 0.225. The average Bonchev–Trinajstić information content (AvgIpc) is 2.68. The van der Waals surface area contributed by atoms with Crippen molar-refractivity contribution >= 4 is 61.5 Å². The van der Waals surface area contributed by atoms with E-state index in [0.29, 0.717) is 4.47 Å². The molecule has 0 spiro atoms. The molecule has 0 fully saturated rings. The summed E-state index contributed by atoms with van der Waals surface area (Å²) < 4.78 is 14.7. The summed E-state index contributed by atoms with van der Waals surface area (Å²) in [5.41, 5.74) is 1.94. The monoisotopic (exact) mass is 430 g/mol. The van der Waals surface area contributed by atoms with Crippen LogP contribution in [0.4, 0.5) is 4.39 Å². The minimum Gasteiger partial charge on any atom is -0.206 e. The number of alkyl halides is 1. The zero-order chi connectivity index (χ0) is 11.7. The highest BCUT2D eigenvalue weighted by atomic mass is 127. The Morgan fingerprint density at radius 3 is 2.62 bits per heavy atom. The van der Waals surface area contributed by atoms with Gasteiger partial charge >= 0.3 is 0 Å². The minimum atomic E-state index is -0.271. The molecule has 0 aliphatic rings. The SMILES string of the molecule is Fc1ccc(C(Cl)c2csc(I)c2)cc1Br. The van der Waals surface area contributed by atoms with Crippen molar-refractivity contribution in [1.82, 2.24) is 0 Å². The molecule has 0 saturated heterocycles. The maximum absolute atomic E-state index is 13.1. The summed E-state index contributed by atoms with van der Waals surface area (Å²) in [5, 5.41) is 1.80. The predicted octanol–water partition coefficient (Wildman–Crippen LogP) is 5.58. The van der Waals surface area contributed by atoms with Crippen molar-refractivity contribution in [3.8, 4) is 0 Å². The van der Waals surface area contributed by atoms with Crippen LogP contribution in [0.3, 0.4) is 0 Å². The van der Waals surface area contributed by atoms with E-state index in [2.05, 4.69) is 38.5 Å². The molecule has 1 unspecified atom stereocenters. The Morgan fingerprint density at radius 2 is 2.06 bits per heavy atom. The van der Waals surface area contributed by atoms with Gasteiger partial charge < -0.3 is 0 Å². The average molecular weight is 431 g/mol. The fraction of sp³-hybridized carbons (Fsp3) is 0.0909. The molecular formula is C11H6BrClFIS. The van der Waals surface area contributed by atoms with Crippen molar-refractivity contribution in [3.63, 3.8) is 0 Å². The highest BCUT2D eigenvalue weighted by Gasteiger charge is 2.13. The quantitative estimate of drug-likeness (QED) is 0.430. The summed E-state index contributed by atoms with van der Waals surface area (Å²) in [6.45, 7) is 0. The molecule has 84 valence electrons. The van der Waals surface area contributed by atoms with Crippen molar-refractivity contribution in [3.05, 3.63) is 53.9 Å². The molecule has 2 rings (SSSR count). The Morgan fingerprint density at radius 1 is 1.31 bits per heavy atom. The van der Waals surface area contributed by atoms with Gasteiger partial charge in [0.2, 0.25) is 0 Å². The second kappa shape index (κ2) is 5.33. The Bertz CT molecular complexity index is 514. The molecule has 1 heterocycles. The van der Waals surface area contributed by atoms with Crippen LogP contribution >= 0.6 is 61.5 Å². The number of benzene rings is 1. The van der Waals surface area contributed by atoms with E-state index in [9.17, 15) is 4.39 Å². The van der Waals surface area contributed by atoms with E-state index < -0.39 is 0 Å². The van der Waals surface area contributed by atoms with Gasteiger partial charge in [0, 0.05) is 0 Å². The Labute approximate surface area is 124 Å². The van der Waals surface area contributed by atoms with Crippen molar-refractivity contribution in [2.24, 2.45) is 0 Å². The number of thiophene rings is 1. The number of hydrogen-bond acceptors (Lipinski definition) is 1. The number of rotatable bonds is 2. The van der Waals surface area contributed by atoms with Crippen LogP contribution in [0.2, 0.25) is 0 Å². The Kier molecular flexibility index (Phi) is 4.26. The molecule has 0 aliphatic heterocycles. The third-order valence-corrected chi connectivity index (χ3v) is 5.04. The molecule has 0 nitrogen and oxygen atoms in total. The van der Waals surface area contributed by atoms with Crippen LogP contribution in [-0.2, 0) is 0 Å². The fourth-order valence-corrected chi connectivity index (χ4v) is 3.45. The first-order valence-electron chi connectivity index (χ1n) is 4.41. The zero-order valence-corrected chi connectivity index (χ0v) is 13.2. The van der Waals surface area contributed by atoms with Crippen LogP contribution in [-0.4, -0.2) is 0 Å².